The molecule has 0 radical (unpaired) electrons. The number of aromatic nitrogens is 4. The summed E-state index contributed by atoms with van der Waals surface area (Å²) in [6, 6.07) is 0. The fourth-order valence-electron chi connectivity index (χ4n) is 0.985. The third kappa shape index (κ3) is 1.93. The van der Waals surface area contributed by atoms with E-state index in [0.29, 0.717) is 11.2 Å². The molecule has 2 rings (SSSR count). The molecular weight excluding hydrogens is 180 g/mol. The number of aromatic amines is 1. The van der Waals surface area contributed by atoms with Crippen molar-refractivity contribution in [2.24, 2.45) is 0 Å². The van der Waals surface area contributed by atoms with Crippen LogP contribution in [-0.4, -0.2) is 19.9 Å². The van der Waals surface area contributed by atoms with E-state index in [2.05, 4.69) is 19.9 Å². The molecule has 0 unspecified atom stereocenters. The molecule has 0 spiro atoms. The van der Waals surface area contributed by atoms with Crippen molar-refractivity contribution in [2.75, 3.05) is 0 Å². The molecule has 0 bridgehead atoms. The van der Waals surface area contributed by atoms with Gasteiger partial charge in [0.25, 0.3) is 5.56 Å². The molecule has 0 fully saturated rings. The number of nitrogens with zero attached hydrogens (tertiary/aromatic N) is 3. The highest BCUT2D eigenvalue weighted by molar-refractivity contribution is 5.70. The maximum Gasteiger partial charge on any atom is 0.268 e. The maximum atomic E-state index is 10.8. The molecule has 74 valence electrons. The predicted molar refractivity (Wildman–Crippen MR) is 54.0 cm³/mol. The Bertz CT molecular complexity index is 477. The smallest absolute Gasteiger partial charge is 0.268 e. The van der Waals surface area contributed by atoms with Crippen molar-refractivity contribution in [1.82, 2.24) is 19.9 Å². The van der Waals surface area contributed by atoms with Gasteiger partial charge in [-0.05, 0) is 6.92 Å². The van der Waals surface area contributed by atoms with E-state index in [1.807, 2.05) is 20.8 Å². The van der Waals surface area contributed by atoms with E-state index < -0.39 is 0 Å². The van der Waals surface area contributed by atoms with E-state index >= 15 is 0 Å². The first-order valence-corrected chi connectivity index (χ1v) is 4.44. The van der Waals surface area contributed by atoms with Gasteiger partial charge < -0.3 is 4.98 Å². The molecular formula is C9H12N4O. The van der Waals surface area contributed by atoms with Crippen LogP contribution in [0.4, 0.5) is 0 Å². The third-order valence-corrected chi connectivity index (χ3v) is 1.56. The highest BCUT2D eigenvalue weighted by Gasteiger charge is 1.99. The molecule has 0 atom stereocenters. The summed E-state index contributed by atoms with van der Waals surface area (Å²) in [6.07, 6.45) is 2.62. The first-order chi connectivity index (χ1) is 6.77. The summed E-state index contributed by atoms with van der Waals surface area (Å²) in [4.78, 5) is 25.1. The molecule has 5 nitrogen and oxygen atoms in total. The number of hydrogen-bond acceptors (Lipinski definition) is 4. The minimum absolute atomic E-state index is 0.249. The van der Waals surface area contributed by atoms with E-state index in [1.54, 1.807) is 0 Å². The van der Waals surface area contributed by atoms with E-state index in [1.165, 1.54) is 12.5 Å². The van der Waals surface area contributed by atoms with Crippen molar-refractivity contribution in [1.29, 1.82) is 0 Å². The first-order valence-electron chi connectivity index (χ1n) is 4.44. The van der Waals surface area contributed by atoms with Crippen LogP contribution in [0.25, 0.3) is 11.2 Å². The summed E-state index contributed by atoms with van der Waals surface area (Å²) in [6.45, 7) is 5.81. The predicted octanol–water partition coefficient (Wildman–Crippen LogP) is 1.05. The highest BCUT2D eigenvalue weighted by atomic mass is 16.1. The monoisotopic (exact) mass is 192 g/mol. The molecule has 0 saturated heterocycles. The van der Waals surface area contributed by atoms with Crippen molar-refractivity contribution in [2.45, 2.75) is 20.8 Å². The lowest BCUT2D eigenvalue weighted by molar-refractivity contribution is 1.08. The van der Waals surface area contributed by atoms with Crippen LogP contribution in [0.1, 0.15) is 19.5 Å². The molecule has 2 aromatic heterocycles. The lowest BCUT2D eigenvalue weighted by Gasteiger charge is -1.95. The minimum atomic E-state index is -0.249. The number of H-pyrrole nitrogens is 1. The van der Waals surface area contributed by atoms with Crippen LogP contribution in [-0.2, 0) is 0 Å². The Labute approximate surface area is 81.3 Å². The zero-order valence-electron chi connectivity index (χ0n) is 8.40. The molecule has 2 heterocycles. The lowest BCUT2D eigenvalue weighted by Crippen LogP contribution is -2.07. The quantitative estimate of drug-likeness (QED) is 0.677. The molecule has 14 heavy (non-hydrogen) atoms. The third-order valence-electron chi connectivity index (χ3n) is 1.56. The zero-order chi connectivity index (χ0) is 10.6. The van der Waals surface area contributed by atoms with Gasteiger partial charge in [0.15, 0.2) is 5.65 Å². The van der Waals surface area contributed by atoms with Crippen LogP contribution < -0.4 is 5.56 Å². The average Bonchev–Trinajstić information content (AvgIpc) is 2.21. The fraction of sp³-hybridized carbons (Fsp3) is 0.333. The Balaban J connectivity index is 0.000000461. The first kappa shape index (κ1) is 10.3. The van der Waals surface area contributed by atoms with Gasteiger partial charge in [-0.3, -0.25) is 4.79 Å². The van der Waals surface area contributed by atoms with Gasteiger partial charge in [-0.1, -0.05) is 13.8 Å². The number of aryl methyl sites for hydroxylation is 1. The molecule has 0 aromatic carbocycles. The maximum absolute atomic E-state index is 10.8. The molecule has 0 aliphatic rings. The summed E-state index contributed by atoms with van der Waals surface area (Å²) in [5, 5.41) is 0. The second-order valence-corrected chi connectivity index (χ2v) is 2.40. The normalized spacial score (nSPS) is 9.36. The fourth-order valence-corrected chi connectivity index (χ4v) is 0.985. The summed E-state index contributed by atoms with van der Waals surface area (Å²) in [5.41, 5.74) is 1.63. The second-order valence-electron chi connectivity index (χ2n) is 2.40. The number of rotatable bonds is 0. The summed E-state index contributed by atoms with van der Waals surface area (Å²) >= 11 is 0. The molecule has 5 heteroatoms. The van der Waals surface area contributed by atoms with Crippen LogP contribution in [0.3, 0.4) is 0 Å². The van der Waals surface area contributed by atoms with Gasteiger partial charge in [0.1, 0.15) is 11.8 Å². The van der Waals surface area contributed by atoms with Crippen molar-refractivity contribution < 1.29 is 0 Å². The molecule has 0 amide bonds. The molecule has 0 aliphatic carbocycles. The average molecular weight is 192 g/mol. The SMILES string of the molecule is CC.Cc1ncnc2[nH]c(=O)cnc12. The van der Waals surface area contributed by atoms with E-state index in [-0.39, 0.29) is 5.56 Å². The summed E-state index contributed by atoms with van der Waals surface area (Å²) in [5.74, 6) is 0. The van der Waals surface area contributed by atoms with Crippen LogP contribution >= 0.6 is 0 Å². The van der Waals surface area contributed by atoms with E-state index in [0.717, 1.165) is 5.69 Å². The Morgan fingerprint density at radius 3 is 2.64 bits per heavy atom. The van der Waals surface area contributed by atoms with Gasteiger partial charge >= 0.3 is 0 Å². The Kier molecular flexibility index (Phi) is 3.28. The van der Waals surface area contributed by atoms with Gasteiger partial charge in [-0.2, -0.15) is 0 Å². The van der Waals surface area contributed by atoms with Crippen LogP contribution in [0.15, 0.2) is 17.3 Å². The molecule has 0 aliphatic heterocycles. The van der Waals surface area contributed by atoms with Gasteiger partial charge in [-0.15, -0.1) is 0 Å². The van der Waals surface area contributed by atoms with Gasteiger partial charge in [0, 0.05) is 0 Å². The molecule has 2 aromatic rings. The Morgan fingerprint density at radius 2 is 1.93 bits per heavy atom. The van der Waals surface area contributed by atoms with Crippen molar-refractivity contribution >= 4 is 11.2 Å². The standard InChI is InChI=1S/C7H6N4O.C2H6/c1-4-6-7(10-3-9-4)11-5(12)2-8-6;1-2/h2-3H,1H3,(H,9,10,11,12);1-2H3. The van der Waals surface area contributed by atoms with Crippen LogP contribution in [0, 0.1) is 6.92 Å². The lowest BCUT2D eigenvalue weighted by atomic mass is 10.4. The second kappa shape index (κ2) is 4.45. The van der Waals surface area contributed by atoms with E-state index in [4.69, 9.17) is 0 Å². The summed E-state index contributed by atoms with van der Waals surface area (Å²) < 4.78 is 0. The Morgan fingerprint density at radius 1 is 1.21 bits per heavy atom. The van der Waals surface area contributed by atoms with Gasteiger partial charge in [0.2, 0.25) is 0 Å². The molecule has 1 N–H and O–H groups in total. The zero-order valence-corrected chi connectivity index (χ0v) is 8.40. The largest absolute Gasteiger partial charge is 0.304 e. The van der Waals surface area contributed by atoms with Crippen molar-refractivity contribution in [3.05, 3.63) is 28.6 Å². The van der Waals surface area contributed by atoms with Gasteiger partial charge in [-0.25, -0.2) is 15.0 Å². The van der Waals surface area contributed by atoms with Crippen LogP contribution in [0.2, 0.25) is 0 Å². The summed E-state index contributed by atoms with van der Waals surface area (Å²) in [7, 11) is 0. The number of nitrogens with one attached hydrogen (secondary N) is 1. The van der Waals surface area contributed by atoms with Gasteiger partial charge in [0.05, 0.1) is 11.9 Å². The topological polar surface area (TPSA) is 71.5 Å². The van der Waals surface area contributed by atoms with E-state index in [9.17, 15) is 4.79 Å². The van der Waals surface area contributed by atoms with Crippen molar-refractivity contribution in [3.8, 4) is 0 Å². The van der Waals surface area contributed by atoms with Crippen molar-refractivity contribution in [3.63, 3.8) is 0 Å². The number of fused-ring (bicyclic) bond motifs is 1. The highest BCUT2D eigenvalue weighted by Crippen LogP contribution is 2.03. The molecule has 0 saturated carbocycles. The van der Waals surface area contributed by atoms with Crippen LogP contribution in [0.5, 0.6) is 0 Å². The minimum Gasteiger partial charge on any atom is -0.304 e. The number of hydrogen-bond donors (Lipinski definition) is 1. The Hall–Kier alpha value is -1.78.